The van der Waals surface area contributed by atoms with Crippen LogP contribution in [-0.2, 0) is 4.74 Å². The minimum absolute atomic E-state index is 0.765. The summed E-state index contributed by atoms with van der Waals surface area (Å²) < 4.78 is 4.99. The average Bonchev–Trinajstić information content (AvgIpc) is 2.11. The topological polar surface area (TPSA) is 12.5 Å². The average molecular weight is 194 g/mol. The summed E-state index contributed by atoms with van der Waals surface area (Å²) in [5.74, 6) is 0.765. The van der Waals surface area contributed by atoms with Gasteiger partial charge in [-0.25, -0.2) is 0 Å². The third-order valence-electron chi connectivity index (χ3n) is 1.88. The van der Waals surface area contributed by atoms with Gasteiger partial charge >= 0.3 is 0 Å². The molecule has 0 spiro atoms. The fraction of sp³-hybridized carbons (Fsp3) is 1.00. The van der Waals surface area contributed by atoms with Crippen LogP contribution in [0.4, 0.5) is 0 Å². The van der Waals surface area contributed by atoms with E-state index in [9.17, 15) is 0 Å². The molecule has 0 rings (SSSR count). The number of hydrogen-bond acceptors (Lipinski definition) is 2. The van der Waals surface area contributed by atoms with Gasteiger partial charge in [-0.3, -0.25) is 0 Å². The van der Waals surface area contributed by atoms with Crippen molar-refractivity contribution < 1.29 is 4.74 Å². The van der Waals surface area contributed by atoms with Gasteiger partial charge in [0.15, 0.2) is 0 Å². The van der Waals surface area contributed by atoms with Crippen molar-refractivity contribution in [3.63, 3.8) is 0 Å². The van der Waals surface area contributed by atoms with Crippen LogP contribution in [0.15, 0.2) is 0 Å². The predicted octanol–water partition coefficient (Wildman–Crippen LogP) is 1.97. The van der Waals surface area contributed by atoms with Crippen LogP contribution in [-0.4, -0.2) is 44.1 Å². The van der Waals surface area contributed by atoms with Crippen molar-refractivity contribution in [1.82, 2.24) is 4.90 Å². The molecule has 0 fully saturated rings. The Morgan fingerprint density at radius 1 is 1.25 bits per heavy atom. The normalized spacial score (nSPS) is 11.0. The van der Waals surface area contributed by atoms with Crippen molar-refractivity contribution in [2.45, 2.75) is 19.8 Å². The zero-order valence-electron chi connectivity index (χ0n) is 8.18. The number of nitrogens with zero attached hydrogens (tertiary/aromatic N) is 1. The van der Waals surface area contributed by atoms with Gasteiger partial charge < -0.3 is 9.64 Å². The van der Waals surface area contributed by atoms with Gasteiger partial charge in [-0.05, 0) is 25.9 Å². The summed E-state index contributed by atoms with van der Waals surface area (Å²) in [7, 11) is 1.75. The van der Waals surface area contributed by atoms with E-state index in [4.69, 9.17) is 16.3 Å². The molecule has 0 unspecified atom stereocenters. The van der Waals surface area contributed by atoms with E-state index < -0.39 is 0 Å². The number of halogens is 1. The van der Waals surface area contributed by atoms with Gasteiger partial charge in [0.05, 0.1) is 0 Å². The molecule has 0 aromatic rings. The van der Waals surface area contributed by atoms with Gasteiger partial charge in [0.2, 0.25) is 0 Å². The monoisotopic (exact) mass is 193 g/mol. The largest absolute Gasteiger partial charge is 0.385 e. The molecule has 0 bridgehead atoms. The van der Waals surface area contributed by atoms with E-state index >= 15 is 0 Å². The zero-order chi connectivity index (χ0) is 9.23. The van der Waals surface area contributed by atoms with Crippen LogP contribution in [0.25, 0.3) is 0 Å². The molecule has 0 saturated heterocycles. The number of rotatable bonds is 8. The lowest BCUT2D eigenvalue weighted by Gasteiger charge is -2.19. The van der Waals surface area contributed by atoms with E-state index in [1.807, 2.05) is 0 Å². The predicted molar refractivity (Wildman–Crippen MR) is 53.9 cm³/mol. The summed E-state index contributed by atoms with van der Waals surface area (Å²) in [6.07, 6.45) is 2.20. The maximum Gasteiger partial charge on any atom is 0.0474 e. The Morgan fingerprint density at radius 3 is 2.42 bits per heavy atom. The Labute approximate surface area is 80.8 Å². The van der Waals surface area contributed by atoms with Crippen LogP contribution < -0.4 is 0 Å². The Bertz CT molecular complexity index is 90.6. The van der Waals surface area contributed by atoms with Crippen molar-refractivity contribution in [1.29, 1.82) is 0 Å². The van der Waals surface area contributed by atoms with Gasteiger partial charge in [-0.2, -0.15) is 0 Å². The lowest BCUT2D eigenvalue weighted by atomic mass is 10.3. The summed E-state index contributed by atoms with van der Waals surface area (Å²) in [5, 5.41) is 0. The lowest BCUT2D eigenvalue weighted by Crippen LogP contribution is -2.26. The Morgan fingerprint density at radius 2 is 1.92 bits per heavy atom. The van der Waals surface area contributed by atoms with Crippen molar-refractivity contribution in [2.75, 3.05) is 39.2 Å². The van der Waals surface area contributed by atoms with Crippen LogP contribution in [0, 0.1) is 0 Å². The molecule has 0 atom stereocenters. The smallest absolute Gasteiger partial charge is 0.0474 e. The summed E-state index contributed by atoms with van der Waals surface area (Å²) in [5.41, 5.74) is 0. The molecule has 0 heterocycles. The summed E-state index contributed by atoms with van der Waals surface area (Å²) >= 11 is 5.61. The van der Waals surface area contributed by atoms with E-state index in [1.54, 1.807) is 7.11 Å². The molecule has 0 N–H and O–H groups in total. The number of alkyl halides is 1. The van der Waals surface area contributed by atoms with Crippen LogP contribution in [0.1, 0.15) is 19.8 Å². The fourth-order valence-electron chi connectivity index (χ4n) is 1.14. The van der Waals surface area contributed by atoms with E-state index in [-0.39, 0.29) is 0 Å². The van der Waals surface area contributed by atoms with Crippen molar-refractivity contribution >= 4 is 11.6 Å². The first-order valence-electron chi connectivity index (χ1n) is 4.62. The second-order valence-corrected chi connectivity index (χ2v) is 3.20. The van der Waals surface area contributed by atoms with Crippen molar-refractivity contribution in [3.05, 3.63) is 0 Å². The van der Waals surface area contributed by atoms with Gasteiger partial charge in [0.25, 0.3) is 0 Å². The van der Waals surface area contributed by atoms with Crippen molar-refractivity contribution in [2.24, 2.45) is 0 Å². The first kappa shape index (κ1) is 12.2. The standard InChI is InChI=1S/C9H20ClNO/c1-3-11(7-4-6-10)8-5-9-12-2/h3-9H2,1-2H3. The molecular formula is C9H20ClNO. The minimum Gasteiger partial charge on any atom is -0.385 e. The molecule has 74 valence electrons. The molecule has 0 aromatic heterocycles. The van der Waals surface area contributed by atoms with Gasteiger partial charge in [-0.1, -0.05) is 6.92 Å². The van der Waals surface area contributed by atoms with Crippen LogP contribution >= 0.6 is 11.6 Å². The molecule has 0 aliphatic carbocycles. The van der Waals surface area contributed by atoms with Crippen LogP contribution in [0.2, 0.25) is 0 Å². The molecule has 0 saturated carbocycles. The molecule has 0 aliphatic rings. The van der Waals surface area contributed by atoms with Gasteiger partial charge in [0.1, 0.15) is 0 Å². The summed E-state index contributed by atoms with van der Waals surface area (Å²) in [6.45, 7) is 6.39. The highest BCUT2D eigenvalue weighted by atomic mass is 35.5. The number of ether oxygens (including phenoxy) is 1. The molecule has 2 nitrogen and oxygen atoms in total. The van der Waals surface area contributed by atoms with Crippen LogP contribution in [0.3, 0.4) is 0 Å². The SMILES string of the molecule is CCN(CCCCl)CCCOC. The lowest BCUT2D eigenvalue weighted by molar-refractivity contribution is 0.174. The second kappa shape index (κ2) is 9.30. The molecule has 0 aromatic carbocycles. The highest BCUT2D eigenvalue weighted by Crippen LogP contribution is 1.95. The van der Waals surface area contributed by atoms with Crippen molar-refractivity contribution in [3.8, 4) is 0 Å². The maximum atomic E-state index is 5.61. The molecular weight excluding hydrogens is 174 g/mol. The number of hydrogen-bond donors (Lipinski definition) is 0. The van der Waals surface area contributed by atoms with Gasteiger partial charge in [-0.15, -0.1) is 11.6 Å². The highest BCUT2D eigenvalue weighted by Gasteiger charge is 1.99. The van der Waals surface area contributed by atoms with E-state index in [1.165, 1.54) is 0 Å². The molecule has 12 heavy (non-hydrogen) atoms. The zero-order valence-corrected chi connectivity index (χ0v) is 8.94. The third kappa shape index (κ3) is 6.89. The quantitative estimate of drug-likeness (QED) is 0.432. The fourth-order valence-corrected chi connectivity index (χ4v) is 1.26. The minimum atomic E-state index is 0.765. The van der Waals surface area contributed by atoms with Crippen LogP contribution in [0.5, 0.6) is 0 Å². The van der Waals surface area contributed by atoms with E-state index in [0.717, 1.165) is 45.0 Å². The highest BCUT2D eigenvalue weighted by molar-refractivity contribution is 6.17. The maximum absolute atomic E-state index is 5.61. The molecule has 0 amide bonds. The Kier molecular flexibility index (Phi) is 9.46. The van der Waals surface area contributed by atoms with Gasteiger partial charge in [0, 0.05) is 26.1 Å². The Balaban J connectivity index is 3.26. The summed E-state index contributed by atoms with van der Waals surface area (Å²) in [6, 6.07) is 0. The third-order valence-corrected chi connectivity index (χ3v) is 2.15. The van der Waals surface area contributed by atoms with E-state index in [2.05, 4.69) is 11.8 Å². The Hall–Kier alpha value is 0.210. The number of methoxy groups -OCH3 is 1. The second-order valence-electron chi connectivity index (χ2n) is 2.82. The first-order chi connectivity index (χ1) is 5.85. The molecule has 0 aliphatic heterocycles. The first-order valence-corrected chi connectivity index (χ1v) is 5.15. The van der Waals surface area contributed by atoms with E-state index in [0.29, 0.717) is 0 Å². The molecule has 0 radical (unpaired) electrons. The summed E-state index contributed by atoms with van der Waals surface area (Å²) in [4.78, 5) is 2.40. The molecule has 3 heteroatoms.